The Bertz CT molecular complexity index is 702. The standard InChI is InChI=1S/C12H17FN6O2/c1-3-12(6-16-18-15)7(2)9(13)10(21-12)19-5-4-8(14)17-11(19)20/h4-5,7,9-10H,3,6H2,1-2H3,(H2,14,17,20)/t7-,9+,10+,12-/m0/s1/i3D2. The molecule has 1 aliphatic heterocycles. The zero-order chi connectivity index (χ0) is 17.4. The van der Waals surface area contributed by atoms with Gasteiger partial charge in [-0.05, 0) is 18.0 Å². The van der Waals surface area contributed by atoms with E-state index in [4.69, 9.17) is 18.7 Å². The van der Waals surface area contributed by atoms with Crippen LogP contribution in [0.4, 0.5) is 10.2 Å². The first-order chi connectivity index (χ1) is 10.6. The van der Waals surface area contributed by atoms with Crippen LogP contribution >= 0.6 is 0 Å². The van der Waals surface area contributed by atoms with Gasteiger partial charge >= 0.3 is 5.69 Å². The number of nitrogen functional groups attached to an aromatic ring is 1. The summed E-state index contributed by atoms with van der Waals surface area (Å²) in [4.78, 5) is 18.0. The number of hydrogen-bond acceptors (Lipinski definition) is 5. The number of ether oxygens (including phenoxy) is 1. The predicted molar refractivity (Wildman–Crippen MR) is 74.1 cm³/mol. The number of anilines is 1. The molecule has 0 aliphatic carbocycles. The van der Waals surface area contributed by atoms with E-state index in [1.807, 2.05) is 0 Å². The van der Waals surface area contributed by atoms with Crippen LogP contribution in [0.25, 0.3) is 10.4 Å². The van der Waals surface area contributed by atoms with Crippen molar-refractivity contribution in [3.8, 4) is 0 Å². The molecule has 0 unspecified atom stereocenters. The van der Waals surface area contributed by atoms with E-state index in [1.54, 1.807) is 0 Å². The number of hydrogen-bond donors (Lipinski definition) is 1. The van der Waals surface area contributed by atoms with E-state index >= 15 is 0 Å². The molecule has 0 radical (unpaired) electrons. The SMILES string of the molecule is [2H]C([2H])(C)[C@@]1(CN=[N+]=[N-])O[C@@H](n2ccc(N)nc2=O)[C@H](F)[C@@H]1C. The highest BCUT2D eigenvalue weighted by Crippen LogP contribution is 2.45. The smallest absolute Gasteiger partial charge is 0.351 e. The monoisotopic (exact) mass is 298 g/mol. The predicted octanol–water partition coefficient (Wildman–Crippen LogP) is 1.79. The van der Waals surface area contributed by atoms with Gasteiger partial charge < -0.3 is 10.5 Å². The maximum Gasteiger partial charge on any atom is 0.351 e. The summed E-state index contributed by atoms with van der Waals surface area (Å²) >= 11 is 0. The largest absolute Gasteiger partial charge is 0.383 e. The Morgan fingerprint density at radius 1 is 1.81 bits per heavy atom. The van der Waals surface area contributed by atoms with Crippen molar-refractivity contribution in [2.45, 2.75) is 38.2 Å². The van der Waals surface area contributed by atoms with E-state index in [1.165, 1.54) is 26.1 Å². The van der Waals surface area contributed by atoms with Crippen molar-refractivity contribution in [2.75, 3.05) is 12.3 Å². The minimum atomic E-state index is -2.01. The summed E-state index contributed by atoms with van der Waals surface area (Å²) in [7, 11) is 0. The lowest BCUT2D eigenvalue weighted by Crippen LogP contribution is -2.38. The summed E-state index contributed by atoms with van der Waals surface area (Å²) < 4.78 is 37.3. The molecule has 2 heterocycles. The lowest BCUT2D eigenvalue weighted by Gasteiger charge is -2.29. The van der Waals surface area contributed by atoms with Gasteiger partial charge in [0, 0.05) is 19.8 Å². The van der Waals surface area contributed by atoms with E-state index in [-0.39, 0.29) is 5.82 Å². The average Bonchev–Trinajstić information content (AvgIpc) is 2.70. The van der Waals surface area contributed by atoms with Crippen molar-refractivity contribution >= 4 is 5.82 Å². The molecule has 1 fully saturated rings. The van der Waals surface area contributed by atoms with E-state index in [0.717, 1.165) is 4.57 Å². The molecule has 0 bridgehead atoms. The van der Waals surface area contributed by atoms with Crippen molar-refractivity contribution in [1.29, 1.82) is 0 Å². The molecule has 1 aromatic rings. The molecule has 1 aromatic heterocycles. The number of rotatable bonds is 4. The highest BCUT2D eigenvalue weighted by Gasteiger charge is 2.52. The quantitative estimate of drug-likeness (QED) is 0.517. The van der Waals surface area contributed by atoms with Crippen molar-refractivity contribution < 1.29 is 11.9 Å². The van der Waals surface area contributed by atoms with E-state index in [2.05, 4.69) is 15.0 Å². The van der Waals surface area contributed by atoms with Gasteiger partial charge in [0.2, 0.25) is 0 Å². The van der Waals surface area contributed by atoms with Gasteiger partial charge in [-0.25, -0.2) is 9.18 Å². The van der Waals surface area contributed by atoms with Crippen molar-refractivity contribution in [3.05, 3.63) is 33.2 Å². The van der Waals surface area contributed by atoms with Crippen molar-refractivity contribution in [2.24, 2.45) is 11.0 Å². The summed E-state index contributed by atoms with van der Waals surface area (Å²) in [6, 6.07) is 1.32. The van der Waals surface area contributed by atoms with Gasteiger partial charge in [-0.2, -0.15) is 4.98 Å². The third kappa shape index (κ3) is 2.57. The van der Waals surface area contributed by atoms with Crippen LogP contribution in [0.1, 0.15) is 29.2 Å². The molecule has 0 spiro atoms. The number of nitrogens with zero attached hydrogens (tertiary/aromatic N) is 5. The Hall–Kier alpha value is -2.12. The number of nitrogens with two attached hydrogens (primary N) is 1. The van der Waals surface area contributed by atoms with Gasteiger partial charge in [-0.3, -0.25) is 4.57 Å². The first-order valence-corrected chi connectivity index (χ1v) is 6.31. The van der Waals surface area contributed by atoms with Gasteiger partial charge in [0.1, 0.15) is 5.82 Å². The molecule has 4 atom stereocenters. The van der Waals surface area contributed by atoms with E-state index < -0.39 is 42.5 Å². The fourth-order valence-electron chi connectivity index (χ4n) is 2.41. The van der Waals surface area contributed by atoms with Crippen LogP contribution in [-0.4, -0.2) is 27.9 Å². The molecule has 1 aliphatic rings. The Labute approximate surface area is 123 Å². The molecular formula is C12H17FN6O2. The molecule has 1 saturated heterocycles. The average molecular weight is 298 g/mol. The third-order valence-corrected chi connectivity index (χ3v) is 3.73. The molecule has 2 rings (SSSR count). The number of azide groups is 1. The highest BCUT2D eigenvalue weighted by molar-refractivity contribution is 5.23. The van der Waals surface area contributed by atoms with Gasteiger partial charge in [0.25, 0.3) is 0 Å². The molecule has 8 nitrogen and oxygen atoms in total. The fourth-order valence-corrected chi connectivity index (χ4v) is 2.41. The van der Waals surface area contributed by atoms with Gasteiger partial charge in [-0.15, -0.1) is 0 Å². The van der Waals surface area contributed by atoms with Crippen LogP contribution in [0.3, 0.4) is 0 Å². The van der Waals surface area contributed by atoms with Crippen molar-refractivity contribution in [3.63, 3.8) is 0 Å². The summed E-state index contributed by atoms with van der Waals surface area (Å²) in [6.07, 6.45) is -3.84. The van der Waals surface area contributed by atoms with Crippen LogP contribution < -0.4 is 11.4 Å². The van der Waals surface area contributed by atoms with Gasteiger partial charge in [0.05, 0.1) is 12.1 Å². The zero-order valence-corrected chi connectivity index (χ0v) is 11.6. The maximum absolute atomic E-state index is 14.8. The Kier molecular flexibility index (Phi) is 3.43. The lowest BCUT2D eigenvalue weighted by molar-refractivity contribution is -0.0860. The zero-order valence-electron chi connectivity index (χ0n) is 13.6. The minimum absolute atomic E-state index is 0.0149. The number of halogens is 1. The molecule has 2 N–H and O–H groups in total. The fraction of sp³-hybridized carbons (Fsp3) is 0.667. The Balaban J connectivity index is 2.50. The van der Waals surface area contributed by atoms with Crippen LogP contribution in [0.5, 0.6) is 0 Å². The second kappa shape index (κ2) is 5.71. The van der Waals surface area contributed by atoms with E-state index in [9.17, 15) is 9.18 Å². The summed E-state index contributed by atoms with van der Waals surface area (Å²) in [5, 5.41) is 3.37. The van der Waals surface area contributed by atoms with Crippen LogP contribution in [0, 0.1) is 5.92 Å². The third-order valence-electron chi connectivity index (χ3n) is 3.73. The van der Waals surface area contributed by atoms with E-state index in [0.29, 0.717) is 0 Å². The van der Waals surface area contributed by atoms with Crippen LogP contribution in [0.15, 0.2) is 22.2 Å². The lowest BCUT2D eigenvalue weighted by atomic mass is 9.85. The summed E-state index contributed by atoms with van der Waals surface area (Å²) in [5.74, 6) is -0.971. The topological polar surface area (TPSA) is 119 Å². The van der Waals surface area contributed by atoms with Gasteiger partial charge in [0.15, 0.2) is 12.4 Å². The minimum Gasteiger partial charge on any atom is -0.383 e. The van der Waals surface area contributed by atoms with Gasteiger partial charge in [-0.1, -0.05) is 19.0 Å². The molecule has 0 aromatic carbocycles. The van der Waals surface area contributed by atoms with Crippen LogP contribution in [-0.2, 0) is 4.74 Å². The first kappa shape index (κ1) is 12.6. The number of alkyl halides is 1. The van der Waals surface area contributed by atoms with Crippen LogP contribution in [0.2, 0.25) is 0 Å². The molecule has 21 heavy (non-hydrogen) atoms. The second-order valence-electron chi connectivity index (χ2n) is 4.81. The first-order valence-electron chi connectivity index (χ1n) is 7.31. The normalized spacial score (nSPS) is 34.0. The molecule has 114 valence electrons. The maximum atomic E-state index is 14.8. The summed E-state index contributed by atoms with van der Waals surface area (Å²) in [5.41, 5.74) is 11.4. The Morgan fingerprint density at radius 2 is 2.52 bits per heavy atom. The molecular weight excluding hydrogens is 279 g/mol. The summed E-state index contributed by atoms with van der Waals surface area (Å²) in [6.45, 7) is 2.27. The van der Waals surface area contributed by atoms with Crippen molar-refractivity contribution in [1.82, 2.24) is 9.55 Å². The number of aromatic nitrogens is 2. The molecule has 0 amide bonds. The molecule has 0 saturated carbocycles. The Morgan fingerprint density at radius 3 is 3.10 bits per heavy atom. The second-order valence-corrected chi connectivity index (χ2v) is 4.81. The highest BCUT2D eigenvalue weighted by atomic mass is 19.1. The molecule has 9 heteroatoms.